The van der Waals surface area contributed by atoms with E-state index in [4.69, 9.17) is 11.6 Å². The van der Waals surface area contributed by atoms with Crippen molar-refractivity contribution in [2.24, 2.45) is 0 Å². The Balaban J connectivity index is 2.16. The molecule has 0 unspecified atom stereocenters. The van der Waals surface area contributed by atoms with Crippen LogP contribution in [-0.2, 0) is 9.84 Å². The topological polar surface area (TPSA) is 74.7 Å². The van der Waals surface area contributed by atoms with Gasteiger partial charge in [-0.2, -0.15) is 0 Å². The van der Waals surface area contributed by atoms with Crippen LogP contribution in [0.2, 0.25) is 5.02 Å². The Morgan fingerprint density at radius 3 is 2.18 bits per heavy atom. The fraction of sp³-hybridized carbons (Fsp3) is 0.133. The van der Waals surface area contributed by atoms with Crippen LogP contribution in [-0.4, -0.2) is 31.9 Å². The molecule has 0 saturated heterocycles. The first kappa shape index (κ1) is 16.3. The fourth-order valence-electron chi connectivity index (χ4n) is 1.91. The lowest BCUT2D eigenvalue weighted by Crippen LogP contribution is -2.34. The van der Waals surface area contributed by atoms with Crippen LogP contribution in [0, 0.1) is 0 Å². The molecule has 5 nitrogen and oxygen atoms in total. The molecule has 0 aliphatic carbocycles. The lowest BCUT2D eigenvalue weighted by Gasteiger charge is -2.19. The monoisotopic (exact) mass is 339 g/mol. The Hall–Kier alpha value is -2.05. The second-order valence-corrected chi connectivity index (χ2v) is 7.09. The summed E-state index contributed by atoms with van der Waals surface area (Å²) in [5, 5.41) is 9.74. The van der Waals surface area contributed by atoms with Crippen molar-refractivity contribution in [3.8, 4) is 0 Å². The number of nitrogens with zero attached hydrogens (tertiary/aromatic N) is 1. The molecule has 2 aromatic rings. The average molecular weight is 340 g/mol. The summed E-state index contributed by atoms with van der Waals surface area (Å²) in [6.45, 7) is -0.159. The van der Waals surface area contributed by atoms with Crippen LogP contribution in [0.3, 0.4) is 0 Å². The van der Waals surface area contributed by atoms with Gasteiger partial charge in [0.25, 0.3) is 0 Å². The van der Waals surface area contributed by atoms with Gasteiger partial charge in [-0.15, -0.1) is 0 Å². The van der Waals surface area contributed by atoms with Gasteiger partial charge in [0.05, 0.1) is 10.6 Å². The van der Waals surface area contributed by atoms with E-state index in [1.54, 1.807) is 30.3 Å². The molecule has 1 amide bonds. The first-order valence-corrected chi connectivity index (χ1v) is 8.47. The van der Waals surface area contributed by atoms with Gasteiger partial charge < -0.3 is 5.11 Å². The molecular weight excluding hydrogens is 326 g/mol. The van der Waals surface area contributed by atoms with E-state index in [0.29, 0.717) is 10.7 Å². The van der Waals surface area contributed by atoms with Gasteiger partial charge in [-0.05, 0) is 36.4 Å². The molecular formula is C15H14ClNO4S. The van der Waals surface area contributed by atoms with Crippen LogP contribution in [0.15, 0.2) is 59.5 Å². The van der Waals surface area contributed by atoms with Crippen LogP contribution in [0.4, 0.5) is 10.5 Å². The van der Waals surface area contributed by atoms with Crippen LogP contribution >= 0.6 is 11.6 Å². The summed E-state index contributed by atoms with van der Waals surface area (Å²) >= 11 is 5.76. The molecule has 1 N–H and O–H groups in total. The third-order valence-electron chi connectivity index (χ3n) is 3.06. The highest BCUT2D eigenvalue weighted by Crippen LogP contribution is 2.19. The Bertz CT molecular complexity index is 745. The highest BCUT2D eigenvalue weighted by Gasteiger charge is 2.20. The number of hydrogen-bond acceptors (Lipinski definition) is 3. The third-order valence-corrected chi connectivity index (χ3v) is 5.02. The number of hydrogen-bond donors (Lipinski definition) is 1. The molecule has 2 aromatic carbocycles. The normalized spacial score (nSPS) is 11.1. The van der Waals surface area contributed by atoms with E-state index in [-0.39, 0.29) is 17.2 Å². The Morgan fingerprint density at radius 1 is 1.05 bits per heavy atom. The van der Waals surface area contributed by atoms with Gasteiger partial charge in [0.2, 0.25) is 0 Å². The van der Waals surface area contributed by atoms with Crippen molar-refractivity contribution in [2.45, 2.75) is 4.90 Å². The van der Waals surface area contributed by atoms with Gasteiger partial charge in [0.1, 0.15) is 0 Å². The Kier molecular flexibility index (Phi) is 5.05. The van der Waals surface area contributed by atoms with Crippen LogP contribution in [0.25, 0.3) is 0 Å². The van der Waals surface area contributed by atoms with E-state index in [9.17, 15) is 18.3 Å². The van der Waals surface area contributed by atoms with E-state index in [1.165, 1.54) is 24.3 Å². The van der Waals surface area contributed by atoms with Crippen molar-refractivity contribution in [3.05, 3.63) is 59.6 Å². The predicted molar refractivity (Wildman–Crippen MR) is 85.3 cm³/mol. The molecule has 0 atom stereocenters. The number of halogens is 1. The van der Waals surface area contributed by atoms with E-state index >= 15 is 0 Å². The molecule has 0 bridgehead atoms. The maximum atomic E-state index is 12.2. The maximum absolute atomic E-state index is 12.2. The summed E-state index contributed by atoms with van der Waals surface area (Å²) in [4.78, 5) is 12.5. The van der Waals surface area contributed by atoms with E-state index in [0.717, 1.165) is 4.90 Å². The summed E-state index contributed by atoms with van der Waals surface area (Å²) in [6, 6.07) is 14.1. The molecule has 0 aliphatic heterocycles. The number of benzene rings is 2. The minimum Gasteiger partial charge on any atom is -0.465 e. The zero-order valence-corrected chi connectivity index (χ0v) is 13.1. The highest BCUT2D eigenvalue weighted by atomic mass is 35.5. The zero-order chi connectivity index (χ0) is 16.2. The van der Waals surface area contributed by atoms with Crippen LogP contribution in [0.5, 0.6) is 0 Å². The number of amides is 1. The van der Waals surface area contributed by atoms with Gasteiger partial charge in [0, 0.05) is 17.3 Å². The minimum atomic E-state index is -3.54. The fourth-order valence-corrected chi connectivity index (χ4v) is 3.27. The summed E-state index contributed by atoms with van der Waals surface area (Å²) in [6.07, 6.45) is -1.22. The number of sulfone groups is 1. The Morgan fingerprint density at radius 2 is 1.64 bits per heavy atom. The SMILES string of the molecule is O=C(O)N(CCS(=O)(=O)c1ccccc1)c1ccc(Cl)cc1. The van der Waals surface area contributed by atoms with E-state index in [2.05, 4.69) is 0 Å². The number of carbonyl (C=O) groups is 1. The number of carboxylic acid groups (broad SMARTS) is 1. The molecule has 0 aliphatic rings. The van der Waals surface area contributed by atoms with Crippen LogP contribution in [0.1, 0.15) is 0 Å². The minimum absolute atomic E-state index is 0.159. The summed E-state index contributed by atoms with van der Waals surface area (Å²) in [7, 11) is -3.54. The first-order chi connectivity index (χ1) is 10.4. The quantitative estimate of drug-likeness (QED) is 0.907. The number of rotatable bonds is 5. The molecule has 7 heteroatoms. The lowest BCUT2D eigenvalue weighted by atomic mass is 10.3. The van der Waals surface area contributed by atoms with Crippen molar-refractivity contribution >= 4 is 33.2 Å². The molecule has 0 fully saturated rings. The summed E-state index contributed by atoms with van der Waals surface area (Å²) in [5.41, 5.74) is 0.375. The van der Waals surface area contributed by atoms with Gasteiger partial charge in [-0.3, -0.25) is 4.90 Å². The van der Waals surface area contributed by atoms with Gasteiger partial charge in [-0.1, -0.05) is 29.8 Å². The smallest absolute Gasteiger partial charge is 0.411 e. The molecule has 2 rings (SSSR count). The highest BCUT2D eigenvalue weighted by molar-refractivity contribution is 7.91. The largest absolute Gasteiger partial charge is 0.465 e. The molecule has 22 heavy (non-hydrogen) atoms. The maximum Gasteiger partial charge on any atom is 0.411 e. The third kappa shape index (κ3) is 3.99. The van der Waals surface area contributed by atoms with Crippen LogP contribution < -0.4 is 4.90 Å². The molecule has 116 valence electrons. The summed E-state index contributed by atoms with van der Waals surface area (Å²) in [5.74, 6) is -0.300. The van der Waals surface area contributed by atoms with E-state index in [1.807, 2.05) is 0 Å². The average Bonchev–Trinajstić information content (AvgIpc) is 2.50. The second kappa shape index (κ2) is 6.81. The Labute approximate surface area is 133 Å². The molecule has 0 aromatic heterocycles. The predicted octanol–water partition coefficient (Wildman–Crippen LogP) is 3.30. The molecule has 0 heterocycles. The van der Waals surface area contributed by atoms with Crippen molar-refractivity contribution < 1.29 is 18.3 Å². The second-order valence-electron chi connectivity index (χ2n) is 4.54. The lowest BCUT2D eigenvalue weighted by molar-refractivity contribution is 0.202. The van der Waals surface area contributed by atoms with E-state index < -0.39 is 15.9 Å². The first-order valence-electron chi connectivity index (χ1n) is 6.44. The van der Waals surface area contributed by atoms with Crippen molar-refractivity contribution in [1.29, 1.82) is 0 Å². The molecule has 0 spiro atoms. The standard InChI is InChI=1S/C15H14ClNO4S/c16-12-6-8-13(9-7-12)17(15(18)19)10-11-22(20,21)14-4-2-1-3-5-14/h1-9H,10-11H2,(H,18,19). The number of anilines is 1. The van der Waals surface area contributed by atoms with Gasteiger partial charge in [-0.25, -0.2) is 13.2 Å². The zero-order valence-electron chi connectivity index (χ0n) is 11.5. The molecule has 0 radical (unpaired) electrons. The van der Waals surface area contributed by atoms with Crippen molar-refractivity contribution in [2.75, 3.05) is 17.2 Å². The molecule has 0 saturated carbocycles. The summed E-state index contributed by atoms with van der Waals surface area (Å²) < 4.78 is 24.4. The van der Waals surface area contributed by atoms with Gasteiger partial charge in [0.15, 0.2) is 9.84 Å². The van der Waals surface area contributed by atoms with Gasteiger partial charge >= 0.3 is 6.09 Å². The van der Waals surface area contributed by atoms with Crippen molar-refractivity contribution in [1.82, 2.24) is 0 Å². The van der Waals surface area contributed by atoms with Crippen molar-refractivity contribution in [3.63, 3.8) is 0 Å².